The van der Waals surface area contributed by atoms with Crippen LogP contribution in [0.4, 0.5) is 0 Å². The van der Waals surface area contributed by atoms with Gasteiger partial charge in [0.05, 0.1) is 16.6 Å². The molecule has 2 aliphatic carbocycles. The fraction of sp³-hybridized carbons (Fsp3) is 0.155. The Morgan fingerprint density at radius 3 is 2.24 bits per heavy atom. The third kappa shape index (κ3) is 7.44. The van der Waals surface area contributed by atoms with E-state index in [1.54, 1.807) is 0 Å². The summed E-state index contributed by atoms with van der Waals surface area (Å²) < 4.78 is 4.72. The van der Waals surface area contributed by atoms with Crippen LogP contribution in [0.15, 0.2) is 171 Å². The van der Waals surface area contributed by atoms with Crippen LogP contribution in [0.2, 0.25) is 0 Å². The van der Waals surface area contributed by atoms with Gasteiger partial charge in [0.2, 0.25) is 0 Å². The molecule has 11 rings (SSSR count). The van der Waals surface area contributed by atoms with Crippen molar-refractivity contribution in [2.24, 2.45) is 0 Å². The summed E-state index contributed by atoms with van der Waals surface area (Å²) in [6.45, 7) is 14.2. The molecular weight excluding hydrogens is 767 g/mol. The van der Waals surface area contributed by atoms with E-state index in [0.29, 0.717) is 17.5 Å². The summed E-state index contributed by atoms with van der Waals surface area (Å²) in [5.41, 5.74) is 11.3. The molecule has 0 spiro atoms. The van der Waals surface area contributed by atoms with Crippen LogP contribution in [-0.4, -0.2) is 24.1 Å². The topological polar surface area (TPSA) is 48.5 Å². The lowest BCUT2D eigenvalue weighted by Crippen LogP contribution is -2.03. The molecule has 310 valence electrons. The van der Waals surface area contributed by atoms with E-state index >= 15 is 0 Å². The summed E-state index contributed by atoms with van der Waals surface area (Å²) in [6.07, 6.45) is 27.8. The number of hydrogen-bond donors (Lipinski definition) is 0. The number of rotatable bonds is 7. The van der Waals surface area contributed by atoms with Gasteiger partial charge in [-0.1, -0.05) is 144 Å². The van der Waals surface area contributed by atoms with Crippen LogP contribution in [0.1, 0.15) is 70.8 Å². The maximum Gasteiger partial charge on any atom is 0.164 e. The molecule has 0 amide bonds. The van der Waals surface area contributed by atoms with Gasteiger partial charge in [-0.3, -0.25) is 0 Å². The summed E-state index contributed by atoms with van der Waals surface area (Å²) in [7, 11) is 0. The third-order valence-electron chi connectivity index (χ3n) is 12.0. The van der Waals surface area contributed by atoms with Crippen LogP contribution in [0.25, 0.3) is 100 Å². The van der Waals surface area contributed by atoms with Crippen molar-refractivity contribution < 1.29 is 0 Å². The Kier molecular flexibility index (Phi) is 11.7. The lowest BCUT2D eigenvalue weighted by atomic mass is 10.0. The molecule has 9 aromatic rings. The highest BCUT2D eigenvalue weighted by Gasteiger charge is 2.22. The van der Waals surface area contributed by atoms with Gasteiger partial charge in [-0.2, -0.15) is 0 Å². The van der Waals surface area contributed by atoms with Crippen molar-refractivity contribution in [2.75, 3.05) is 0 Å². The normalized spacial score (nSPS) is 14.0. The van der Waals surface area contributed by atoms with Gasteiger partial charge in [-0.15, -0.1) is 0 Å². The van der Waals surface area contributed by atoms with Crippen molar-refractivity contribution in [2.45, 2.75) is 60.3 Å². The minimum Gasteiger partial charge on any atom is -0.316 e. The monoisotopic (exact) mass is 819 g/mol. The molecule has 0 radical (unpaired) electrons. The minimum atomic E-state index is 0.649. The zero-order valence-corrected chi connectivity index (χ0v) is 36.9. The summed E-state index contributed by atoms with van der Waals surface area (Å²) in [6, 6.07) is 37.3. The van der Waals surface area contributed by atoms with E-state index in [2.05, 4.69) is 174 Å². The molecule has 3 heterocycles. The Morgan fingerprint density at radius 2 is 1.41 bits per heavy atom. The number of benzene rings is 6. The van der Waals surface area contributed by atoms with Crippen LogP contribution in [0.5, 0.6) is 0 Å². The molecule has 3 aromatic heterocycles. The second-order valence-electron chi connectivity index (χ2n) is 15.5. The van der Waals surface area contributed by atoms with Crippen molar-refractivity contribution >= 4 is 77.3 Å². The fourth-order valence-electron chi connectivity index (χ4n) is 9.09. The summed E-state index contributed by atoms with van der Waals surface area (Å²) in [4.78, 5) is 15.5. The molecule has 5 heteroatoms. The number of fused-ring (bicyclic) bond motifs is 4. The summed E-state index contributed by atoms with van der Waals surface area (Å²) >= 11 is 0. The number of aromatic nitrogens is 5. The molecule has 6 aromatic carbocycles. The molecule has 0 bridgehead atoms. The highest BCUT2D eigenvalue weighted by molar-refractivity contribution is 6.30. The molecule has 2 aliphatic rings. The van der Waals surface area contributed by atoms with E-state index < -0.39 is 0 Å². The fourth-order valence-corrected chi connectivity index (χ4v) is 9.09. The van der Waals surface area contributed by atoms with Crippen molar-refractivity contribution in [3.05, 3.63) is 188 Å². The number of hydrogen-bond acceptors (Lipinski definition) is 3. The summed E-state index contributed by atoms with van der Waals surface area (Å²) in [5.74, 6) is 1.98. The Bertz CT molecular complexity index is 3360. The van der Waals surface area contributed by atoms with Gasteiger partial charge in [0.1, 0.15) is 0 Å². The average Bonchev–Trinajstić information content (AvgIpc) is 3.69. The second kappa shape index (κ2) is 17.9. The first-order valence-electron chi connectivity index (χ1n) is 22.5. The molecule has 0 unspecified atom stereocenters. The highest BCUT2D eigenvalue weighted by atomic mass is 15.0. The van der Waals surface area contributed by atoms with Crippen molar-refractivity contribution in [1.82, 2.24) is 24.1 Å². The Labute approximate surface area is 370 Å². The van der Waals surface area contributed by atoms with Crippen molar-refractivity contribution in [3.8, 4) is 22.8 Å². The number of allylic oxidation sites excluding steroid dienone is 12. The van der Waals surface area contributed by atoms with Gasteiger partial charge in [0.25, 0.3) is 0 Å². The van der Waals surface area contributed by atoms with Crippen LogP contribution in [0, 0.1) is 0 Å². The zero-order chi connectivity index (χ0) is 43.5. The van der Waals surface area contributed by atoms with E-state index in [1.807, 2.05) is 46.8 Å². The summed E-state index contributed by atoms with van der Waals surface area (Å²) in [5, 5.41) is 8.58. The van der Waals surface area contributed by atoms with E-state index in [1.165, 1.54) is 60.2 Å². The highest BCUT2D eigenvalue weighted by Crippen LogP contribution is 2.44. The minimum absolute atomic E-state index is 0.649. The molecule has 0 fully saturated rings. The van der Waals surface area contributed by atoms with Gasteiger partial charge < -0.3 is 9.13 Å². The number of nitrogens with zero attached hydrogens (tertiary/aromatic N) is 5. The zero-order valence-electron chi connectivity index (χ0n) is 36.9. The maximum absolute atomic E-state index is 5.21. The lowest BCUT2D eigenvalue weighted by Gasteiger charge is -2.12. The first-order valence-corrected chi connectivity index (χ1v) is 22.5. The number of aryl methyl sites for hydroxylation is 1. The smallest absolute Gasteiger partial charge is 0.164 e. The van der Waals surface area contributed by atoms with Crippen LogP contribution < -0.4 is 0 Å². The molecular formula is C58H53N5. The molecule has 0 N–H and O–H groups in total. The Balaban J connectivity index is 0.00000123. The van der Waals surface area contributed by atoms with Crippen LogP contribution >= 0.6 is 0 Å². The lowest BCUT2D eigenvalue weighted by molar-refractivity contribution is 0.851. The van der Waals surface area contributed by atoms with E-state index in [0.717, 1.165) is 59.0 Å². The molecule has 0 aliphatic heterocycles. The predicted molar refractivity (Wildman–Crippen MR) is 272 cm³/mol. The van der Waals surface area contributed by atoms with Gasteiger partial charge in [-0.05, 0) is 113 Å². The largest absolute Gasteiger partial charge is 0.316 e. The van der Waals surface area contributed by atoms with Gasteiger partial charge in [-0.25, -0.2) is 15.0 Å². The third-order valence-corrected chi connectivity index (χ3v) is 12.0. The van der Waals surface area contributed by atoms with E-state index in [-0.39, 0.29) is 0 Å². The van der Waals surface area contributed by atoms with E-state index in [9.17, 15) is 0 Å². The maximum atomic E-state index is 5.21. The SMILES string of the molecule is C=C/C(=C\C=C/C)n1ccc2c1cc1ccc3cccc4c3c1c2n4C1=CC=C(c2nc(-c3ccc4c(c3)C=CCCC4)nc(-c3ccc4ccccc4c3)n2)C=CC1.CC.CC. The van der Waals surface area contributed by atoms with Crippen LogP contribution in [0.3, 0.4) is 0 Å². The molecule has 0 saturated heterocycles. The first-order chi connectivity index (χ1) is 31.1. The predicted octanol–water partition coefficient (Wildman–Crippen LogP) is 15.9. The Hall–Kier alpha value is -7.37. The molecule has 5 nitrogen and oxygen atoms in total. The van der Waals surface area contributed by atoms with Crippen molar-refractivity contribution in [1.29, 1.82) is 0 Å². The van der Waals surface area contributed by atoms with Gasteiger partial charge in [0.15, 0.2) is 17.5 Å². The molecule has 0 atom stereocenters. The van der Waals surface area contributed by atoms with Crippen LogP contribution in [-0.2, 0) is 6.42 Å². The van der Waals surface area contributed by atoms with Crippen molar-refractivity contribution in [3.63, 3.8) is 0 Å². The molecule has 63 heavy (non-hydrogen) atoms. The molecule has 0 saturated carbocycles. The first kappa shape index (κ1) is 41.0. The standard InChI is InChI=1S/C54H41N5.2C2H6/c1-3-5-19-44(4-2)58-31-30-46-48(58)34-41-25-24-37-17-12-21-47-49(37)50(41)51(46)59(47)45-20-11-18-38(28-29-45)52-55-53(42-26-22-35-13-7-6-8-15-39(35)32-42)57-54(56-52)43-27-23-36-14-9-10-16-40(36)33-43;2*1-2/h3-5,8-12,14-19,21-34H,2,6-7,13,20H2,1H3;2*1-2H3/b5-3-,44-19+;;. The Morgan fingerprint density at radius 1 is 0.667 bits per heavy atom. The van der Waals surface area contributed by atoms with E-state index in [4.69, 9.17) is 15.0 Å². The quantitative estimate of drug-likeness (QED) is 0.119. The second-order valence-corrected chi connectivity index (χ2v) is 15.5. The van der Waals surface area contributed by atoms with Gasteiger partial charge in [0, 0.05) is 56.9 Å². The average molecular weight is 820 g/mol. The van der Waals surface area contributed by atoms with Gasteiger partial charge >= 0.3 is 0 Å².